The molecule has 0 unspecified atom stereocenters. The van der Waals surface area contributed by atoms with Gasteiger partial charge in [-0.2, -0.15) is 0 Å². The molecular weight excluding hydrogens is 585 g/mol. The predicted molar refractivity (Wildman–Crippen MR) is 202 cm³/mol. The van der Waals surface area contributed by atoms with Crippen LogP contribution in [0.2, 0.25) is 0 Å². The van der Waals surface area contributed by atoms with Crippen LogP contribution in [-0.4, -0.2) is 22.2 Å². The Bertz CT molecular complexity index is 2370. The number of anilines is 4. The molecule has 2 aromatic heterocycles. The van der Waals surface area contributed by atoms with Gasteiger partial charge < -0.3 is 18.9 Å². The van der Waals surface area contributed by atoms with Gasteiger partial charge in [0.05, 0.1) is 33.4 Å². The minimum Gasteiger partial charge on any atom is -0.338 e. The Hall–Kier alpha value is -6.26. The SMILES string of the molecule is c1cc(N2CCN(c3cccc(-n4c5ccccc5c5ccccc54)c3)c3ccccc32)cc(-n2c3ccccc3c3ccccc32)c1. The zero-order valence-electron chi connectivity index (χ0n) is 26.4. The van der Waals surface area contributed by atoms with Gasteiger partial charge in [-0.15, -0.1) is 0 Å². The number of hydrogen-bond acceptors (Lipinski definition) is 2. The third kappa shape index (κ3) is 4.02. The summed E-state index contributed by atoms with van der Waals surface area (Å²) in [6.45, 7) is 1.74. The molecule has 0 saturated heterocycles. The lowest BCUT2D eigenvalue weighted by Gasteiger charge is -2.39. The van der Waals surface area contributed by atoms with E-state index in [0.29, 0.717) is 0 Å². The molecule has 0 radical (unpaired) electrons. The van der Waals surface area contributed by atoms with Crippen LogP contribution in [0.4, 0.5) is 22.7 Å². The van der Waals surface area contributed by atoms with Crippen molar-refractivity contribution in [3.8, 4) is 11.4 Å². The Kier molecular flexibility index (Phi) is 5.97. The highest BCUT2D eigenvalue weighted by Crippen LogP contribution is 2.43. The highest BCUT2D eigenvalue weighted by molar-refractivity contribution is 6.10. The van der Waals surface area contributed by atoms with Crippen LogP contribution in [0.3, 0.4) is 0 Å². The van der Waals surface area contributed by atoms with E-state index in [1.807, 2.05) is 0 Å². The van der Waals surface area contributed by atoms with Crippen LogP contribution in [-0.2, 0) is 0 Å². The molecule has 0 fully saturated rings. The summed E-state index contributed by atoms with van der Waals surface area (Å²) < 4.78 is 4.80. The van der Waals surface area contributed by atoms with Crippen molar-refractivity contribution in [2.45, 2.75) is 0 Å². The molecule has 0 bridgehead atoms. The molecule has 228 valence electrons. The van der Waals surface area contributed by atoms with Gasteiger partial charge in [-0.1, -0.05) is 97.1 Å². The first-order valence-electron chi connectivity index (χ1n) is 16.6. The first kappa shape index (κ1) is 26.9. The Labute approximate surface area is 278 Å². The minimum atomic E-state index is 0.868. The molecular formula is C44H32N4. The third-order valence-electron chi connectivity index (χ3n) is 9.97. The quantitative estimate of drug-likeness (QED) is 0.196. The molecule has 0 spiro atoms. The van der Waals surface area contributed by atoms with E-state index in [9.17, 15) is 0 Å². The molecule has 4 heteroatoms. The highest BCUT2D eigenvalue weighted by atomic mass is 15.3. The number of aromatic nitrogens is 2. The molecule has 1 aliphatic heterocycles. The summed E-state index contributed by atoms with van der Waals surface area (Å²) in [6.07, 6.45) is 0. The summed E-state index contributed by atoms with van der Waals surface area (Å²) in [6, 6.07) is 61.7. The van der Waals surface area contributed by atoms with Crippen LogP contribution in [0.5, 0.6) is 0 Å². The lowest BCUT2D eigenvalue weighted by molar-refractivity contribution is 0.849. The number of nitrogens with zero attached hydrogens (tertiary/aromatic N) is 4. The van der Waals surface area contributed by atoms with Crippen LogP contribution in [0.1, 0.15) is 0 Å². The van der Waals surface area contributed by atoms with Gasteiger partial charge >= 0.3 is 0 Å². The molecule has 0 aliphatic carbocycles. The first-order valence-corrected chi connectivity index (χ1v) is 16.6. The predicted octanol–water partition coefficient (Wildman–Crippen LogP) is 11.2. The minimum absolute atomic E-state index is 0.868. The fourth-order valence-corrected chi connectivity index (χ4v) is 7.90. The summed E-state index contributed by atoms with van der Waals surface area (Å²) in [5, 5.41) is 5.11. The number of hydrogen-bond donors (Lipinski definition) is 0. The second kappa shape index (κ2) is 10.6. The van der Waals surface area contributed by atoms with Gasteiger partial charge in [-0.05, 0) is 72.8 Å². The molecule has 0 saturated carbocycles. The lowest BCUT2D eigenvalue weighted by atomic mass is 10.1. The Morgan fingerprint density at radius 2 is 0.604 bits per heavy atom. The fraction of sp³-hybridized carbons (Fsp3) is 0.0455. The van der Waals surface area contributed by atoms with Gasteiger partial charge in [0.1, 0.15) is 0 Å². The van der Waals surface area contributed by atoms with Crippen LogP contribution < -0.4 is 9.80 Å². The molecule has 0 amide bonds. The second-order valence-electron chi connectivity index (χ2n) is 12.6. The fourth-order valence-electron chi connectivity index (χ4n) is 7.90. The maximum atomic E-state index is 2.47. The van der Waals surface area contributed by atoms with E-state index in [-0.39, 0.29) is 0 Å². The molecule has 3 heterocycles. The smallest absolute Gasteiger partial charge is 0.0652 e. The molecule has 10 rings (SSSR count). The van der Waals surface area contributed by atoms with Crippen molar-refractivity contribution in [3.05, 3.63) is 170 Å². The third-order valence-corrected chi connectivity index (χ3v) is 9.97. The molecule has 4 nitrogen and oxygen atoms in total. The van der Waals surface area contributed by atoms with E-state index >= 15 is 0 Å². The maximum Gasteiger partial charge on any atom is 0.0652 e. The van der Waals surface area contributed by atoms with Crippen molar-refractivity contribution in [1.82, 2.24) is 9.13 Å². The molecule has 48 heavy (non-hydrogen) atoms. The van der Waals surface area contributed by atoms with E-state index in [0.717, 1.165) is 13.1 Å². The maximum absolute atomic E-state index is 2.47. The van der Waals surface area contributed by atoms with Crippen molar-refractivity contribution in [2.24, 2.45) is 0 Å². The van der Waals surface area contributed by atoms with E-state index in [4.69, 9.17) is 0 Å². The largest absolute Gasteiger partial charge is 0.338 e. The van der Waals surface area contributed by atoms with Gasteiger partial charge in [0.15, 0.2) is 0 Å². The van der Waals surface area contributed by atoms with Crippen molar-refractivity contribution in [1.29, 1.82) is 0 Å². The Morgan fingerprint density at radius 3 is 0.979 bits per heavy atom. The number of para-hydroxylation sites is 6. The molecule has 0 atom stereocenters. The second-order valence-corrected chi connectivity index (χ2v) is 12.6. The summed E-state index contributed by atoms with van der Waals surface area (Å²) in [5.74, 6) is 0. The van der Waals surface area contributed by atoms with Gasteiger partial charge in [0.25, 0.3) is 0 Å². The monoisotopic (exact) mass is 616 g/mol. The summed E-state index contributed by atoms with van der Waals surface area (Å²) >= 11 is 0. The van der Waals surface area contributed by atoms with Crippen molar-refractivity contribution in [3.63, 3.8) is 0 Å². The van der Waals surface area contributed by atoms with E-state index in [2.05, 4.69) is 189 Å². The van der Waals surface area contributed by atoms with Gasteiger partial charge in [0.2, 0.25) is 0 Å². The van der Waals surface area contributed by atoms with Gasteiger partial charge in [-0.3, -0.25) is 0 Å². The summed E-state index contributed by atoms with van der Waals surface area (Å²) in [7, 11) is 0. The zero-order chi connectivity index (χ0) is 31.6. The molecule has 7 aromatic carbocycles. The normalized spacial score (nSPS) is 13.2. The topological polar surface area (TPSA) is 16.3 Å². The van der Waals surface area contributed by atoms with Gasteiger partial charge in [-0.25, -0.2) is 0 Å². The van der Waals surface area contributed by atoms with Crippen molar-refractivity contribution in [2.75, 3.05) is 22.9 Å². The van der Waals surface area contributed by atoms with Crippen LogP contribution in [0.25, 0.3) is 55.0 Å². The van der Waals surface area contributed by atoms with Crippen LogP contribution in [0, 0.1) is 0 Å². The van der Waals surface area contributed by atoms with E-state index in [1.165, 1.54) is 77.7 Å². The van der Waals surface area contributed by atoms with Crippen LogP contribution >= 0.6 is 0 Å². The lowest BCUT2D eigenvalue weighted by Crippen LogP contribution is -2.36. The molecule has 0 N–H and O–H groups in total. The van der Waals surface area contributed by atoms with Crippen molar-refractivity contribution < 1.29 is 0 Å². The molecule has 9 aromatic rings. The Balaban J connectivity index is 1.06. The van der Waals surface area contributed by atoms with Crippen LogP contribution in [0.15, 0.2) is 170 Å². The average Bonchev–Trinajstić information content (AvgIpc) is 3.68. The highest BCUT2D eigenvalue weighted by Gasteiger charge is 2.25. The Morgan fingerprint density at radius 1 is 0.292 bits per heavy atom. The van der Waals surface area contributed by atoms with Gasteiger partial charge in [0, 0.05) is 57.4 Å². The summed E-state index contributed by atoms with van der Waals surface area (Å²) in [4.78, 5) is 4.94. The van der Waals surface area contributed by atoms with E-state index < -0.39 is 0 Å². The first-order chi connectivity index (χ1) is 23.8. The average molecular weight is 617 g/mol. The number of rotatable bonds is 4. The molecule has 1 aliphatic rings. The standard InChI is InChI=1S/C44H32N4/c1-5-21-39-35(17-1)36-18-2-6-22-40(36)47(39)33-15-11-13-31(29-33)45-27-28-46(44-26-10-9-25-43(44)45)32-14-12-16-34(30-32)48-41-23-7-3-19-37(41)38-20-4-8-24-42(38)48/h1-26,29-30H,27-28H2. The van der Waals surface area contributed by atoms with E-state index in [1.54, 1.807) is 0 Å². The zero-order valence-corrected chi connectivity index (χ0v) is 26.4. The van der Waals surface area contributed by atoms with Crippen molar-refractivity contribution >= 4 is 66.4 Å². The number of benzene rings is 7. The number of fused-ring (bicyclic) bond motifs is 7. The summed E-state index contributed by atoms with van der Waals surface area (Å²) in [5.41, 5.74) is 12.1.